The zero-order chi connectivity index (χ0) is 24.5. The van der Waals surface area contributed by atoms with Crippen LogP contribution in [0.4, 0.5) is 0 Å². The van der Waals surface area contributed by atoms with Crippen LogP contribution in [0.25, 0.3) is 44.0 Å². The average molecular weight is 464 g/mol. The van der Waals surface area contributed by atoms with Crippen LogP contribution in [0.5, 0.6) is 5.75 Å². The highest BCUT2D eigenvalue weighted by Crippen LogP contribution is 2.49. The molecule has 3 aromatic carbocycles. The van der Waals surface area contributed by atoms with E-state index in [1.807, 2.05) is 6.20 Å². The van der Waals surface area contributed by atoms with Crippen LogP contribution in [0.3, 0.4) is 0 Å². The number of ether oxygens (including phenoxy) is 1. The summed E-state index contributed by atoms with van der Waals surface area (Å²) in [6.45, 7) is 13.6. The van der Waals surface area contributed by atoms with E-state index in [1.165, 1.54) is 27.3 Å². The largest absolute Gasteiger partial charge is 0.490 e. The Morgan fingerprint density at radius 1 is 0.971 bits per heavy atom. The number of rotatable bonds is 3. The van der Waals surface area contributed by atoms with Gasteiger partial charge in [0.05, 0.1) is 0 Å². The molecule has 3 heteroatoms. The van der Waals surface area contributed by atoms with Crippen molar-refractivity contribution in [1.82, 2.24) is 4.98 Å². The lowest BCUT2D eigenvalue weighted by Crippen LogP contribution is -2.15. The molecule has 0 amide bonds. The van der Waals surface area contributed by atoms with Crippen molar-refractivity contribution in [2.24, 2.45) is 5.92 Å². The van der Waals surface area contributed by atoms with E-state index < -0.39 is 0 Å². The molecule has 178 valence electrons. The molecule has 0 aliphatic carbocycles. The van der Waals surface area contributed by atoms with Crippen molar-refractivity contribution in [3.05, 3.63) is 71.9 Å². The predicted molar refractivity (Wildman–Crippen MR) is 145 cm³/mol. The first-order chi connectivity index (χ1) is 16.7. The number of aromatic nitrogens is 1. The Hall–Kier alpha value is -3.33. The predicted octanol–water partition coefficient (Wildman–Crippen LogP) is 9.01. The fourth-order valence-corrected chi connectivity index (χ4v) is 5.88. The molecule has 2 aromatic heterocycles. The first kappa shape index (κ1) is 22.2. The minimum Gasteiger partial charge on any atom is -0.490 e. The van der Waals surface area contributed by atoms with E-state index in [9.17, 15) is 0 Å². The van der Waals surface area contributed by atoms with Crippen molar-refractivity contribution < 1.29 is 9.15 Å². The van der Waals surface area contributed by atoms with Crippen molar-refractivity contribution >= 4 is 32.7 Å². The van der Waals surface area contributed by atoms with Crippen molar-refractivity contribution in [2.45, 2.75) is 65.4 Å². The molecule has 0 saturated carbocycles. The van der Waals surface area contributed by atoms with Gasteiger partial charge in [0, 0.05) is 34.0 Å². The first-order valence-electron chi connectivity index (χ1n) is 12.8. The molecule has 0 N–H and O–H groups in total. The highest BCUT2D eigenvalue weighted by atomic mass is 16.5. The van der Waals surface area contributed by atoms with Gasteiger partial charge < -0.3 is 9.15 Å². The van der Waals surface area contributed by atoms with E-state index in [0.717, 1.165) is 40.0 Å². The average Bonchev–Trinajstić information content (AvgIpc) is 3.34. The number of pyridine rings is 1. The maximum absolute atomic E-state index is 6.57. The lowest BCUT2D eigenvalue weighted by molar-refractivity contribution is 0.214. The number of nitrogens with zero attached hydrogens (tertiary/aromatic N) is 1. The molecule has 35 heavy (non-hydrogen) atoms. The SMILES string of the molecule is CC(C)CC1c2c(ccc3oc4c(-c5cc(C(C)(C)C)c6ccccc6c5)nccc4c23)OC1C. The zero-order valence-corrected chi connectivity index (χ0v) is 21.5. The minimum atomic E-state index is 0.00968. The third-order valence-electron chi connectivity index (χ3n) is 7.47. The van der Waals surface area contributed by atoms with Gasteiger partial charge in [-0.05, 0) is 71.3 Å². The zero-order valence-electron chi connectivity index (χ0n) is 21.5. The van der Waals surface area contributed by atoms with Crippen molar-refractivity contribution in [2.75, 3.05) is 0 Å². The lowest BCUT2D eigenvalue weighted by Gasteiger charge is -2.22. The summed E-state index contributed by atoms with van der Waals surface area (Å²) in [5.41, 5.74) is 6.39. The van der Waals surface area contributed by atoms with Crippen LogP contribution in [-0.2, 0) is 5.41 Å². The lowest BCUT2D eigenvalue weighted by atomic mass is 9.82. The summed E-state index contributed by atoms with van der Waals surface area (Å²) in [5, 5.41) is 4.83. The minimum absolute atomic E-state index is 0.00968. The Bertz CT molecular complexity index is 1580. The molecule has 2 atom stereocenters. The molecule has 5 aromatic rings. The molecular formula is C32H33NO2. The van der Waals surface area contributed by atoms with Crippen LogP contribution in [-0.4, -0.2) is 11.1 Å². The van der Waals surface area contributed by atoms with Gasteiger partial charge in [-0.15, -0.1) is 0 Å². The molecule has 2 unspecified atom stereocenters. The molecule has 0 spiro atoms. The maximum atomic E-state index is 6.57. The van der Waals surface area contributed by atoms with Crippen molar-refractivity contribution in [1.29, 1.82) is 0 Å². The number of benzene rings is 3. The third kappa shape index (κ3) is 3.52. The molecule has 0 bridgehead atoms. The van der Waals surface area contributed by atoms with E-state index in [0.29, 0.717) is 11.8 Å². The number of hydrogen-bond acceptors (Lipinski definition) is 3. The summed E-state index contributed by atoms with van der Waals surface area (Å²) in [4.78, 5) is 4.85. The normalized spacial score (nSPS) is 18.0. The third-order valence-corrected chi connectivity index (χ3v) is 7.47. The number of furan rings is 1. The number of fused-ring (bicyclic) bond motifs is 6. The molecule has 0 radical (unpaired) electrons. The molecule has 3 nitrogen and oxygen atoms in total. The van der Waals surface area contributed by atoms with Crippen LogP contribution in [0.1, 0.15) is 65.0 Å². The van der Waals surface area contributed by atoms with Gasteiger partial charge in [0.2, 0.25) is 0 Å². The molecule has 3 heterocycles. The van der Waals surface area contributed by atoms with Gasteiger partial charge in [0.25, 0.3) is 0 Å². The van der Waals surface area contributed by atoms with E-state index in [4.69, 9.17) is 14.1 Å². The van der Waals surface area contributed by atoms with E-state index in [2.05, 4.69) is 96.1 Å². The molecule has 6 rings (SSSR count). The summed E-state index contributed by atoms with van der Waals surface area (Å²) in [5.74, 6) is 1.95. The second-order valence-electron chi connectivity index (χ2n) is 11.5. The highest BCUT2D eigenvalue weighted by molar-refractivity contribution is 6.11. The quantitative estimate of drug-likeness (QED) is 0.268. The van der Waals surface area contributed by atoms with Gasteiger partial charge in [-0.1, -0.05) is 58.9 Å². The fourth-order valence-electron chi connectivity index (χ4n) is 5.88. The van der Waals surface area contributed by atoms with E-state index >= 15 is 0 Å². The van der Waals surface area contributed by atoms with Gasteiger partial charge in [-0.25, -0.2) is 0 Å². The fraction of sp³-hybridized carbons (Fsp3) is 0.344. The summed E-state index contributed by atoms with van der Waals surface area (Å²) < 4.78 is 12.9. The molecule has 0 saturated heterocycles. The Morgan fingerprint density at radius 2 is 1.77 bits per heavy atom. The van der Waals surface area contributed by atoms with E-state index in [-0.39, 0.29) is 11.5 Å². The van der Waals surface area contributed by atoms with Gasteiger partial charge in [0.15, 0.2) is 5.58 Å². The van der Waals surface area contributed by atoms with Gasteiger partial charge in [-0.3, -0.25) is 4.98 Å². The van der Waals surface area contributed by atoms with Crippen LogP contribution < -0.4 is 4.74 Å². The molecule has 1 aliphatic rings. The maximum Gasteiger partial charge on any atom is 0.161 e. The molecule has 0 fully saturated rings. The Morgan fingerprint density at radius 3 is 2.54 bits per heavy atom. The molecular weight excluding hydrogens is 430 g/mol. The van der Waals surface area contributed by atoms with Crippen molar-refractivity contribution in [3.8, 4) is 17.0 Å². The highest BCUT2D eigenvalue weighted by Gasteiger charge is 2.35. The van der Waals surface area contributed by atoms with Crippen LogP contribution in [0.2, 0.25) is 0 Å². The monoisotopic (exact) mass is 463 g/mol. The van der Waals surface area contributed by atoms with Crippen LogP contribution >= 0.6 is 0 Å². The second-order valence-corrected chi connectivity index (χ2v) is 11.5. The Balaban J connectivity index is 1.63. The Labute approximate surface area is 207 Å². The summed E-state index contributed by atoms with van der Waals surface area (Å²) in [6, 6.07) is 19.4. The van der Waals surface area contributed by atoms with Gasteiger partial charge in [0.1, 0.15) is 23.1 Å². The topological polar surface area (TPSA) is 35.3 Å². The smallest absolute Gasteiger partial charge is 0.161 e. The Kier molecular flexibility index (Phi) is 4.96. The molecule has 1 aliphatic heterocycles. The standard InChI is InChI=1S/C32H33NO2/c1-18(2)15-24-19(3)34-26-11-12-27-28(29(24)26)23-13-14-33-30(31(23)35-27)21-16-20-9-7-8-10-22(20)25(17-21)32(4,5)6/h7-14,16-19,24H,15H2,1-6H3. The first-order valence-corrected chi connectivity index (χ1v) is 12.8. The number of hydrogen-bond donors (Lipinski definition) is 0. The van der Waals surface area contributed by atoms with Crippen LogP contribution in [0, 0.1) is 5.92 Å². The second kappa shape index (κ2) is 7.84. The summed E-state index contributed by atoms with van der Waals surface area (Å²) in [6.07, 6.45) is 3.19. The van der Waals surface area contributed by atoms with Crippen molar-refractivity contribution in [3.63, 3.8) is 0 Å². The summed E-state index contributed by atoms with van der Waals surface area (Å²) >= 11 is 0. The summed E-state index contributed by atoms with van der Waals surface area (Å²) in [7, 11) is 0. The van der Waals surface area contributed by atoms with Gasteiger partial charge in [-0.2, -0.15) is 0 Å². The van der Waals surface area contributed by atoms with E-state index in [1.54, 1.807) is 0 Å². The van der Waals surface area contributed by atoms with Crippen LogP contribution in [0.15, 0.2) is 65.2 Å². The van der Waals surface area contributed by atoms with Gasteiger partial charge >= 0.3 is 0 Å².